The first kappa shape index (κ1) is 15.0. The van der Waals surface area contributed by atoms with Crippen LogP contribution in [0.1, 0.15) is 15.9 Å². The maximum atomic E-state index is 13.5. The molecule has 0 saturated heterocycles. The van der Waals surface area contributed by atoms with Gasteiger partial charge in [0.15, 0.2) is 11.5 Å². The Hall–Kier alpha value is -3.28. The summed E-state index contributed by atoms with van der Waals surface area (Å²) < 4.78 is 30.3. The Morgan fingerprint density at radius 1 is 1.08 bits per heavy atom. The average molecular weight is 351 g/mol. The number of benzene rings is 3. The number of carbonyl (C=O) groups is 1. The number of hydrogen-bond donors (Lipinski definition) is 1. The van der Waals surface area contributed by atoms with Gasteiger partial charge < -0.3 is 19.5 Å². The zero-order valence-corrected chi connectivity index (χ0v) is 13.9. The minimum atomic E-state index is -0.317. The SMILES string of the molecule is COc1c2c(c(-c3ccc(F)cc3)c3c4c(ccc13)OCO4)CNC2=O. The number of fused-ring (bicyclic) bond motifs is 4. The second-order valence-electron chi connectivity index (χ2n) is 6.17. The molecule has 0 aromatic heterocycles. The fourth-order valence-electron chi connectivity index (χ4n) is 3.78. The van der Waals surface area contributed by atoms with Gasteiger partial charge in [-0.3, -0.25) is 4.79 Å². The summed E-state index contributed by atoms with van der Waals surface area (Å²) in [4.78, 5) is 12.5. The molecule has 0 fully saturated rings. The second kappa shape index (κ2) is 5.36. The van der Waals surface area contributed by atoms with Crippen LogP contribution in [0.3, 0.4) is 0 Å². The first-order chi connectivity index (χ1) is 12.7. The molecule has 0 saturated carbocycles. The molecule has 2 aliphatic rings. The van der Waals surface area contributed by atoms with Crippen molar-refractivity contribution in [2.75, 3.05) is 13.9 Å². The molecular weight excluding hydrogens is 337 g/mol. The van der Waals surface area contributed by atoms with Crippen molar-refractivity contribution in [1.29, 1.82) is 0 Å². The largest absolute Gasteiger partial charge is 0.495 e. The summed E-state index contributed by atoms with van der Waals surface area (Å²) >= 11 is 0. The monoisotopic (exact) mass is 351 g/mol. The fraction of sp³-hybridized carbons (Fsp3) is 0.150. The first-order valence-electron chi connectivity index (χ1n) is 8.18. The summed E-state index contributed by atoms with van der Waals surface area (Å²) in [5, 5.41) is 4.42. The molecule has 0 unspecified atom stereocenters. The summed E-state index contributed by atoms with van der Waals surface area (Å²) in [6.45, 7) is 0.506. The average Bonchev–Trinajstić information content (AvgIpc) is 3.28. The molecule has 26 heavy (non-hydrogen) atoms. The van der Waals surface area contributed by atoms with Crippen molar-refractivity contribution in [3.05, 3.63) is 53.3 Å². The topological polar surface area (TPSA) is 56.8 Å². The van der Waals surface area contributed by atoms with Gasteiger partial charge in [-0.15, -0.1) is 0 Å². The van der Waals surface area contributed by atoms with Crippen molar-refractivity contribution < 1.29 is 23.4 Å². The first-order valence-corrected chi connectivity index (χ1v) is 8.18. The van der Waals surface area contributed by atoms with Crippen LogP contribution in [0.5, 0.6) is 17.2 Å². The maximum Gasteiger partial charge on any atom is 0.255 e. The lowest BCUT2D eigenvalue weighted by molar-refractivity contribution is 0.0963. The van der Waals surface area contributed by atoms with Gasteiger partial charge in [-0.25, -0.2) is 4.39 Å². The van der Waals surface area contributed by atoms with Crippen molar-refractivity contribution in [1.82, 2.24) is 5.32 Å². The Kier molecular flexibility index (Phi) is 3.09. The zero-order valence-electron chi connectivity index (χ0n) is 13.9. The molecule has 0 bridgehead atoms. The lowest BCUT2D eigenvalue weighted by atomic mass is 9.89. The summed E-state index contributed by atoms with van der Waals surface area (Å²) in [6.07, 6.45) is 0. The van der Waals surface area contributed by atoms with Gasteiger partial charge in [0, 0.05) is 17.3 Å². The summed E-state index contributed by atoms with van der Waals surface area (Å²) in [7, 11) is 1.54. The van der Waals surface area contributed by atoms with Gasteiger partial charge in [0.2, 0.25) is 6.79 Å². The number of rotatable bonds is 2. The third kappa shape index (κ3) is 1.92. The van der Waals surface area contributed by atoms with Crippen molar-refractivity contribution in [3.63, 3.8) is 0 Å². The van der Waals surface area contributed by atoms with Crippen molar-refractivity contribution in [2.45, 2.75) is 6.54 Å². The lowest BCUT2D eigenvalue weighted by Crippen LogP contribution is -2.13. The van der Waals surface area contributed by atoms with Gasteiger partial charge in [0.05, 0.1) is 12.7 Å². The van der Waals surface area contributed by atoms with Gasteiger partial charge >= 0.3 is 0 Å². The summed E-state index contributed by atoms with van der Waals surface area (Å²) in [5.74, 6) is 1.26. The number of methoxy groups -OCH3 is 1. The summed E-state index contributed by atoms with van der Waals surface area (Å²) in [6, 6.07) is 9.89. The molecule has 5 nitrogen and oxygen atoms in total. The van der Waals surface area contributed by atoms with Gasteiger partial charge in [0.1, 0.15) is 11.6 Å². The molecule has 1 N–H and O–H groups in total. The molecule has 6 heteroatoms. The molecule has 2 aliphatic heterocycles. The standard InChI is InChI=1S/C20H14FNO4/c1-24-18-12-6-7-14-19(26-9-25-14)16(12)15(10-2-4-11(21)5-3-10)13-8-22-20(23)17(13)18/h2-7H,8-9H2,1H3,(H,22,23). The Morgan fingerprint density at radius 3 is 2.65 bits per heavy atom. The van der Waals surface area contributed by atoms with E-state index in [2.05, 4.69) is 5.32 Å². The van der Waals surface area contributed by atoms with Gasteiger partial charge in [-0.05, 0) is 41.0 Å². The van der Waals surface area contributed by atoms with E-state index in [0.717, 1.165) is 27.5 Å². The molecule has 0 radical (unpaired) electrons. The van der Waals surface area contributed by atoms with E-state index in [1.807, 2.05) is 6.07 Å². The lowest BCUT2D eigenvalue weighted by Gasteiger charge is -2.17. The Bertz CT molecular complexity index is 1080. The molecule has 5 rings (SSSR count). The predicted octanol–water partition coefficient (Wildman–Crippen LogP) is 3.63. The van der Waals surface area contributed by atoms with Crippen molar-refractivity contribution >= 4 is 16.7 Å². The number of ether oxygens (including phenoxy) is 3. The van der Waals surface area contributed by atoms with Gasteiger partial charge in [-0.2, -0.15) is 0 Å². The van der Waals surface area contributed by atoms with E-state index in [9.17, 15) is 9.18 Å². The second-order valence-corrected chi connectivity index (χ2v) is 6.17. The third-order valence-corrected chi connectivity index (χ3v) is 4.85. The molecule has 1 amide bonds. The number of amides is 1. The van der Waals surface area contributed by atoms with E-state index < -0.39 is 0 Å². The smallest absolute Gasteiger partial charge is 0.255 e. The molecule has 2 heterocycles. The van der Waals surface area contributed by atoms with E-state index in [0.29, 0.717) is 29.4 Å². The molecule has 130 valence electrons. The van der Waals surface area contributed by atoms with Gasteiger partial charge in [-0.1, -0.05) is 12.1 Å². The molecule has 3 aromatic carbocycles. The zero-order chi connectivity index (χ0) is 17.8. The van der Waals surface area contributed by atoms with E-state index in [4.69, 9.17) is 14.2 Å². The highest BCUT2D eigenvalue weighted by Crippen LogP contribution is 2.50. The highest BCUT2D eigenvalue weighted by atomic mass is 19.1. The van der Waals surface area contributed by atoms with Crippen LogP contribution in [0.4, 0.5) is 4.39 Å². The van der Waals surface area contributed by atoms with E-state index in [-0.39, 0.29) is 18.5 Å². The maximum absolute atomic E-state index is 13.5. The van der Waals surface area contributed by atoms with Crippen LogP contribution in [0.15, 0.2) is 36.4 Å². The molecular formula is C20H14FNO4. The Labute approximate surface area is 148 Å². The molecule has 3 aromatic rings. The number of carbonyl (C=O) groups excluding carboxylic acids is 1. The van der Waals surface area contributed by atoms with Crippen LogP contribution in [0.2, 0.25) is 0 Å². The number of hydrogen-bond acceptors (Lipinski definition) is 4. The van der Waals surface area contributed by atoms with Crippen LogP contribution < -0.4 is 19.5 Å². The number of nitrogens with one attached hydrogen (secondary N) is 1. The van der Waals surface area contributed by atoms with Crippen LogP contribution >= 0.6 is 0 Å². The normalized spacial score (nSPS) is 14.5. The minimum Gasteiger partial charge on any atom is -0.495 e. The van der Waals surface area contributed by atoms with Crippen LogP contribution in [-0.4, -0.2) is 19.8 Å². The molecule has 0 atom stereocenters. The van der Waals surface area contributed by atoms with Crippen LogP contribution in [0, 0.1) is 5.82 Å². The highest BCUT2D eigenvalue weighted by Gasteiger charge is 2.33. The Balaban J connectivity index is 1.98. The van der Waals surface area contributed by atoms with E-state index >= 15 is 0 Å². The van der Waals surface area contributed by atoms with E-state index in [1.54, 1.807) is 25.3 Å². The quantitative estimate of drug-likeness (QED) is 0.766. The number of halogens is 1. The predicted molar refractivity (Wildman–Crippen MR) is 93.2 cm³/mol. The third-order valence-electron chi connectivity index (χ3n) is 4.85. The fourth-order valence-corrected chi connectivity index (χ4v) is 3.78. The van der Waals surface area contributed by atoms with E-state index in [1.165, 1.54) is 12.1 Å². The van der Waals surface area contributed by atoms with Crippen molar-refractivity contribution in [2.24, 2.45) is 0 Å². The van der Waals surface area contributed by atoms with Crippen LogP contribution in [0.25, 0.3) is 21.9 Å². The highest BCUT2D eigenvalue weighted by molar-refractivity contribution is 6.15. The van der Waals surface area contributed by atoms with Crippen molar-refractivity contribution in [3.8, 4) is 28.4 Å². The molecule has 0 aliphatic carbocycles. The van der Waals surface area contributed by atoms with Crippen LogP contribution in [-0.2, 0) is 6.54 Å². The Morgan fingerprint density at radius 2 is 1.88 bits per heavy atom. The molecule has 0 spiro atoms. The van der Waals surface area contributed by atoms with Gasteiger partial charge in [0.25, 0.3) is 5.91 Å². The summed E-state index contributed by atoms with van der Waals surface area (Å²) in [5.41, 5.74) is 2.96. The minimum absolute atomic E-state index is 0.133.